The van der Waals surface area contributed by atoms with Crippen LogP contribution in [0, 0.1) is 5.92 Å². The van der Waals surface area contributed by atoms with Crippen molar-refractivity contribution in [2.75, 3.05) is 33.4 Å². The first-order valence-electron chi connectivity index (χ1n) is 7.53. The summed E-state index contributed by atoms with van der Waals surface area (Å²) < 4.78 is 9.60. The second kappa shape index (κ2) is 11.3. The lowest BCUT2D eigenvalue weighted by molar-refractivity contribution is -0.144. The lowest BCUT2D eigenvalue weighted by Crippen LogP contribution is -2.48. The summed E-state index contributed by atoms with van der Waals surface area (Å²) in [5.74, 6) is -0.319. The van der Waals surface area contributed by atoms with Gasteiger partial charge in [0.15, 0.2) is 5.96 Å². The molecular formula is C14H27IN4O4. The molecule has 0 spiro atoms. The Morgan fingerprint density at radius 1 is 1.39 bits per heavy atom. The largest absolute Gasteiger partial charge is 0.469 e. The number of carbonyl (C=O) groups is 2. The van der Waals surface area contributed by atoms with E-state index in [4.69, 9.17) is 10.5 Å². The number of esters is 1. The van der Waals surface area contributed by atoms with E-state index in [2.05, 4.69) is 15.0 Å². The maximum absolute atomic E-state index is 11.6. The van der Waals surface area contributed by atoms with Crippen LogP contribution in [-0.4, -0.2) is 62.3 Å². The van der Waals surface area contributed by atoms with Gasteiger partial charge in [0, 0.05) is 19.1 Å². The van der Waals surface area contributed by atoms with Crippen molar-refractivity contribution in [3.8, 4) is 0 Å². The Kier molecular flexibility index (Phi) is 10.7. The number of aliphatic imine (C=N–C) groups is 1. The van der Waals surface area contributed by atoms with Crippen molar-refractivity contribution >= 4 is 42.0 Å². The van der Waals surface area contributed by atoms with Gasteiger partial charge in [-0.1, -0.05) is 6.92 Å². The molecule has 0 aromatic rings. The summed E-state index contributed by atoms with van der Waals surface area (Å²) in [5, 5.41) is 3.12. The number of amides is 1. The number of carbonyl (C=O) groups excluding carboxylic acids is 2. The average Bonchev–Trinajstić information content (AvgIpc) is 2.52. The summed E-state index contributed by atoms with van der Waals surface area (Å²) in [7, 11) is 1.35. The summed E-state index contributed by atoms with van der Waals surface area (Å²) in [4.78, 5) is 28.7. The number of ether oxygens (including phenoxy) is 2. The molecule has 3 N–H and O–H groups in total. The van der Waals surface area contributed by atoms with E-state index in [1.165, 1.54) is 7.11 Å². The maximum atomic E-state index is 11.6. The van der Waals surface area contributed by atoms with Crippen molar-refractivity contribution in [1.29, 1.82) is 0 Å². The van der Waals surface area contributed by atoms with Crippen LogP contribution < -0.4 is 11.1 Å². The molecular weight excluding hydrogens is 415 g/mol. The third kappa shape index (κ3) is 7.71. The number of hydrogen-bond acceptors (Lipinski definition) is 5. The molecule has 1 unspecified atom stereocenters. The van der Waals surface area contributed by atoms with Crippen LogP contribution in [0.1, 0.15) is 26.7 Å². The number of nitrogens with one attached hydrogen (secondary N) is 1. The van der Waals surface area contributed by atoms with E-state index in [0.717, 1.165) is 12.8 Å². The van der Waals surface area contributed by atoms with Gasteiger partial charge in [0.25, 0.3) is 0 Å². The highest BCUT2D eigenvalue weighted by atomic mass is 127. The van der Waals surface area contributed by atoms with E-state index in [9.17, 15) is 9.59 Å². The summed E-state index contributed by atoms with van der Waals surface area (Å²) in [5.41, 5.74) is 5.82. The fourth-order valence-corrected chi connectivity index (χ4v) is 2.19. The van der Waals surface area contributed by atoms with Crippen molar-refractivity contribution in [1.82, 2.24) is 10.2 Å². The van der Waals surface area contributed by atoms with E-state index < -0.39 is 0 Å². The van der Waals surface area contributed by atoms with E-state index in [1.807, 2.05) is 0 Å². The number of guanidine groups is 1. The number of nitrogens with two attached hydrogens (primary N) is 1. The molecule has 1 rings (SSSR count). The molecule has 0 bridgehead atoms. The zero-order valence-electron chi connectivity index (χ0n) is 13.9. The molecule has 9 heteroatoms. The van der Waals surface area contributed by atoms with Crippen LogP contribution in [-0.2, 0) is 14.3 Å². The number of rotatable bonds is 5. The van der Waals surface area contributed by atoms with Crippen LogP contribution in [0.15, 0.2) is 4.99 Å². The highest BCUT2D eigenvalue weighted by Gasteiger charge is 2.23. The Hall–Kier alpha value is -1.26. The molecule has 1 amide bonds. The minimum atomic E-state index is -0.323. The molecule has 134 valence electrons. The van der Waals surface area contributed by atoms with Crippen LogP contribution in [0.2, 0.25) is 0 Å². The van der Waals surface area contributed by atoms with Crippen LogP contribution in [0.4, 0.5) is 4.79 Å². The molecule has 23 heavy (non-hydrogen) atoms. The fourth-order valence-electron chi connectivity index (χ4n) is 2.19. The van der Waals surface area contributed by atoms with Gasteiger partial charge in [0.05, 0.1) is 26.2 Å². The second-order valence-electron chi connectivity index (χ2n) is 5.25. The van der Waals surface area contributed by atoms with Crippen molar-refractivity contribution < 1.29 is 19.1 Å². The number of halogens is 1. The monoisotopic (exact) mass is 442 g/mol. The molecule has 0 aliphatic carbocycles. The Bertz CT molecular complexity index is 412. The SMILES string of the molecule is CCOC(=O)N1CCC(NC(N)=NCC(C)C(=O)OC)CC1.I. The quantitative estimate of drug-likeness (QED) is 0.284. The van der Waals surface area contributed by atoms with E-state index in [-0.39, 0.29) is 54.5 Å². The lowest BCUT2D eigenvalue weighted by atomic mass is 10.1. The fraction of sp³-hybridized carbons (Fsp3) is 0.786. The number of hydrogen-bond donors (Lipinski definition) is 2. The van der Waals surface area contributed by atoms with E-state index >= 15 is 0 Å². The number of nitrogens with zero attached hydrogens (tertiary/aromatic N) is 2. The zero-order chi connectivity index (χ0) is 16.5. The first-order valence-corrected chi connectivity index (χ1v) is 7.53. The molecule has 8 nitrogen and oxygen atoms in total. The summed E-state index contributed by atoms with van der Waals surface area (Å²) in [6.07, 6.45) is 1.29. The second-order valence-corrected chi connectivity index (χ2v) is 5.25. The van der Waals surface area contributed by atoms with Gasteiger partial charge < -0.3 is 25.4 Å². The molecule has 0 aromatic carbocycles. The van der Waals surface area contributed by atoms with Crippen molar-refractivity contribution in [3.05, 3.63) is 0 Å². The number of piperidine rings is 1. The van der Waals surface area contributed by atoms with Gasteiger partial charge >= 0.3 is 12.1 Å². The first kappa shape index (κ1) is 21.7. The Morgan fingerprint density at radius 2 is 2.00 bits per heavy atom. The smallest absolute Gasteiger partial charge is 0.409 e. The van der Waals surface area contributed by atoms with Gasteiger partial charge in [-0.25, -0.2) is 4.79 Å². The molecule has 0 radical (unpaired) electrons. The van der Waals surface area contributed by atoms with Crippen molar-refractivity contribution in [3.63, 3.8) is 0 Å². The van der Waals surface area contributed by atoms with Gasteiger partial charge in [-0.15, -0.1) is 24.0 Å². The summed E-state index contributed by atoms with van der Waals surface area (Å²) >= 11 is 0. The van der Waals surface area contributed by atoms with Gasteiger partial charge in [-0.3, -0.25) is 9.79 Å². The Morgan fingerprint density at radius 3 is 2.52 bits per heavy atom. The van der Waals surface area contributed by atoms with Crippen molar-refractivity contribution in [2.45, 2.75) is 32.7 Å². The lowest BCUT2D eigenvalue weighted by Gasteiger charge is -2.31. The molecule has 1 fully saturated rings. The normalized spacial score (nSPS) is 17.0. The third-order valence-electron chi connectivity index (χ3n) is 3.51. The molecule has 1 saturated heterocycles. The van der Waals surface area contributed by atoms with Crippen LogP contribution in [0.25, 0.3) is 0 Å². The molecule has 1 aliphatic heterocycles. The van der Waals surface area contributed by atoms with Crippen molar-refractivity contribution in [2.24, 2.45) is 16.6 Å². The van der Waals surface area contributed by atoms with Crippen LogP contribution in [0.5, 0.6) is 0 Å². The molecule has 1 atom stereocenters. The van der Waals surface area contributed by atoms with Gasteiger partial charge in [-0.05, 0) is 19.8 Å². The van der Waals surface area contributed by atoms with Crippen LogP contribution >= 0.6 is 24.0 Å². The van der Waals surface area contributed by atoms with Gasteiger partial charge in [-0.2, -0.15) is 0 Å². The van der Waals surface area contributed by atoms with E-state index in [1.54, 1.807) is 18.7 Å². The van der Waals surface area contributed by atoms with Crippen LogP contribution in [0.3, 0.4) is 0 Å². The summed E-state index contributed by atoms with van der Waals surface area (Å²) in [6.45, 7) is 5.45. The first-order chi connectivity index (χ1) is 10.5. The Labute approximate surface area is 154 Å². The van der Waals surface area contributed by atoms with Gasteiger partial charge in [0.2, 0.25) is 0 Å². The third-order valence-corrected chi connectivity index (χ3v) is 3.51. The highest BCUT2D eigenvalue weighted by molar-refractivity contribution is 14.0. The number of methoxy groups -OCH3 is 1. The summed E-state index contributed by atoms with van der Waals surface area (Å²) in [6, 6.07) is 0.169. The Balaban J connectivity index is 0.00000484. The highest BCUT2D eigenvalue weighted by Crippen LogP contribution is 2.11. The number of likely N-dealkylation sites (tertiary alicyclic amines) is 1. The minimum Gasteiger partial charge on any atom is -0.469 e. The maximum Gasteiger partial charge on any atom is 0.409 e. The molecule has 0 saturated carbocycles. The topological polar surface area (TPSA) is 106 Å². The molecule has 0 aromatic heterocycles. The standard InChI is InChI=1S/C14H26N4O4.HI/c1-4-22-14(20)18-7-5-11(6-8-18)17-13(15)16-9-10(2)12(19)21-3;/h10-11H,4-9H2,1-3H3,(H3,15,16,17);1H. The molecule has 1 heterocycles. The van der Waals surface area contributed by atoms with Gasteiger partial charge in [0.1, 0.15) is 0 Å². The zero-order valence-corrected chi connectivity index (χ0v) is 16.2. The minimum absolute atomic E-state index is 0. The molecule has 1 aliphatic rings. The average molecular weight is 442 g/mol. The predicted molar refractivity (Wildman–Crippen MR) is 97.8 cm³/mol. The predicted octanol–water partition coefficient (Wildman–Crippen LogP) is 0.939. The van der Waals surface area contributed by atoms with E-state index in [0.29, 0.717) is 25.7 Å².